The van der Waals surface area contributed by atoms with Crippen molar-refractivity contribution in [1.29, 1.82) is 0 Å². The van der Waals surface area contributed by atoms with Gasteiger partial charge in [-0.1, -0.05) is 58.4 Å². The lowest BCUT2D eigenvalue weighted by molar-refractivity contribution is -0.117. The van der Waals surface area contributed by atoms with Gasteiger partial charge in [0.25, 0.3) is 0 Å². The molecule has 2 aromatic rings. The predicted octanol–water partition coefficient (Wildman–Crippen LogP) is 5.22. The van der Waals surface area contributed by atoms with Gasteiger partial charge in [0, 0.05) is 23.0 Å². The number of nitrogens with zero attached hydrogens (tertiary/aromatic N) is 1. The number of carbonyl (C=O) groups is 1. The number of rotatable bonds is 1. The summed E-state index contributed by atoms with van der Waals surface area (Å²) in [4.78, 5) is 14.5. The van der Waals surface area contributed by atoms with E-state index in [9.17, 15) is 4.79 Å². The van der Waals surface area contributed by atoms with Gasteiger partial charge in [0.05, 0.1) is 6.04 Å². The molecule has 1 heterocycles. The third-order valence-electron chi connectivity index (χ3n) is 4.99. The highest BCUT2D eigenvalue weighted by Gasteiger charge is 2.43. The van der Waals surface area contributed by atoms with E-state index in [1.807, 2.05) is 17.0 Å². The number of hydrogen-bond donors (Lipinski definition) is 0. The van der Waals surface area contributed by atoms with Gasteiger partial charge in [0.1, 0.15) is 0 Å². The Morgan fingerprint density at radius 3 is 2.70 bits per heavy atom. The molecule has 0 unspecified atom stereocenters. The van der Waals surface area contributed by atoms with Crippen LogP contribution in [0.15, 0.2) is 65.2 Å². The summed E-state index contributed by atoms with van der Waals surface area (Å²) in [6, 6.07) is 16.8. The maximum Gasteiger partial charge on any atom is 0.224 e. The Bertz CT molecular complexity index is 783. The van der Waals surface area contributed by atoms with Crippen molar-refractivity contribution in [3.63, 3.8) is 0 Å². The number of halogens is 1. The molecule has 0 aromatic heterocycles. The first-order valence-corrected chi connectivity index (χ1v) is 8.77. The summed E-state index contributed by atoms with van der Waals surface area (Å²) in [6.45, 7) is 1.67. The fraction of sp³-hybridized carbons (Fsp3) is 0.250. The van der Waals surface area contributed by atoms with E-state index in [1.54, 1.807) is 6.92 Å². The first-order valence-electron chi connectivity index (χ1n) is 7.97. The van der Waals surface area contributed by atoms with Crippen LogP contribution in [0.1, 0.15) is 36.4 Å². The number of benzene rings is 2. The minimum absolute atomic E-state index is 0.0994. The monoisotopic (exact) mass is 367 g/mol. The zero-order chi connectivity index (χ0) is 16.0. The number of amides is 1. The number of hydrogen-bond acceptors (Lipinski definition) is 1. The summed E-state index contributed by atoms with van der Waals surface area (Å²) in [6.07, 6.45) is 5.59. The maximum atomic E-state index is 12.5. The Morgan fingerprint density at radius 1 is 1.17 bits per heavy atom. The van der Waals surface area contributed by atoms with E-state index in [1.165, 1.54) is 11.1 Å². The third kappa shape index (κ3) is 2.34. The van der Waals surface area contributed by atoms with Crippen molar-refractivity contribution < 1.29 is 4.79 Å². The van der Waals surface area contributed by atoms with Crippen LogP contribution in [-0.4, -0.2) is 5.91 Å². The molecular weight excluding hydrogens is 350 g/mol. The minimum atomic E-state index is 0.0994. The topological polar surface area (TPSA) is 20.3 Å². The number of carbonyl (C=O) groups excluding carboxylic acids is 1. The number of fused-ring (bicyclic) bond motifs is 3. The summed E-state index contributed by atoms with van der Waals surface area (Å²) >= 11 is 3.58. The Kier molecular flexibility index (Phi) is 3.61. The van der Waals surface area contributed by atoms with E-state index in [-0.39, 0.29) is 11.9 Å². The Balaban J connectivity index is 1.93. The smallest absolute Gasteiger partial charge is 0.224 e. The largest absolute Gasteiger partial charge is 0.305 e. The molecule has 1 aliphatic heterocycles. The minimum Gasteiger partial charge on any atom is -0.305 e. The van der Waals surface area contributed by atoms with Crippen LogP contribution in [0, 0.1) is 5.92 Å². The van der Waals surface area contributed by atoms with Crippen molar-refractivity contribution in [3.8, 4) is 0 Å². The second-order valence-electron chi connectivity index (χ2n) is 6.30. The lowest BCUT2D eigenvalue weighted by atomic mass is 9.75. The van der Waals surface area contributed by atoms with E-state index in [0.717, 1.165) is 16.6 Å². The van der Waals surface area contributed by atoms with Gasteiger partial charge >= 0.3 is 0 Å². The van der Waals surface area contributed by atoms with Gasteiger partial charge in [-0.15, -0.1) is 0 Å². The molecule has 0 spiro atoms. The molecule has 0 saturated carbocycles. The molecule has 0 N–H and O–H groups in total. The van der Waals surface area contributed by atoms with E-state index >= 15 is 0 Å². The molecule has 23 heavy (non-hydrogen) atoms. The van der Waals surface area contributed by atoms with E-state index < -0.39 is 0 Å². The lowest BCUT2D eigenvalue weighted by Gasteiger charge is -2.44. The summed E-state index contributed by atoms with van der Waals surface area (Å²) in [7, 11) is 0. The third-order valence-corrected chi connectivity index (χ3v) is 5.48. The van der Waals surface area contributed by atoms with E-state index in [4.69, 9.17) is 0 Å². The van der Waals surface area contributed by atoms with Crippen molar-refractivity contribution in [2.24, 2.45) is 5.92 Å². The predicted molar refractivity (Wildman–Crippen MR) is 96.5 cm³/mol. The van der Waals surface area contributed by atoms with Crippen LogP contribution < -0.4 is 4.90 Å². The van der Waals surface area contributed by atoms with Crippen LogP contribution in [-0.2, 0) is 4.79 Å². The average Bonchev–Trinajstić information content (AvgIpc) is 3.03. The molecule has 0 saturated heterocycles. The van der Waals surface area contributed by atoms with Gasteiger partial charge in [-0.05, 0) is 41.7 Å². The van der Waals surface area contributed by atoms with Gasteiger partial charge < -0.3 is 4.90 Å². The molecule has 2 aromatic carbocycles. The fourth-order valence-corrected chi connectivity index (χ4v) is 4.48. The Labute approximate surface area is 144 Å². The van der Waals surface area contributed by atoms with Crippen LogP contribution in [0.4, 0.5) is 5.69 Å². The summed E-state index contributed by atoms with van der Waals surface area (Å²) in [5.41, 5.74) is 3.51. The van der Waals surface area contributed by atoms with Crippen LogP contribution in [0.5, 0.6) is 0 Å². The maximum absolute atomic E-state index is 12.5. The molecule has 3 atom stereocenters. The van der Waals surface area contributed by atoms with Crippen LogP contribution in [0.3, 0.4) is 0 Å². The molecule has 3 heteroatoms. The number of anilines is 1. The second kappa shape index (κ2) is 5.64. The average molecular weight is 368 g/mol. The molecule has 116 valence electrons. The molecule has 1 aliphatic carbocycles. The molecule has 4 rings (SSSR count). The van der Waals surface area contributed by atoms with Crippen LogP contribution in [0.2, 0.25) is 0 Å². The lowest BCUT2D eigenvalue weighted by Crippen LogP contribution is -2.42. The first kappa shape index (κ1) is 14.7. The Hall–Kier alpha value is -1.87. The zero-order valence-electron chi connectivity index (χ0n) is 12.9. The van der Waals surface area contributed by atoms with Crippen molar-refractivity contribution >= 4 is 27.5 Å². The van der Waals surface area contributed by atoms with Crippen LogP contribution >= 0.6 is 15.9 Å². The van der Waals surface area contributed by atoms with Crippen LogP contribution in [0.25, 0.3) is 0 Å². The van der Waals surface area contributed by atoms with Crippen molar-refractivity contribution in [2.75, 3.05) is 4.90 Å². The molecular formula is C20H18BrNO. The Morgan fingerprint density at radius 2 is 1.96 bits per heavy atom. The van der Waals surface area contributed by atoms with Gasteiger partial charge in [0.15, 0.2) is 0 Å². The van der Waals surface area contributed by atoms with E-state index in [0.29, 0.717) is 11.8 Å². The molecule has 0 bridgehead atoms. The highest BCUT2D eigenvalue weighted by atomic mass is 79.9. The van der Waals surface area contributed by atoms with E-state index in [2.05, 4.69) is 64.5 Å². The normalized spacial score (nSPS) is 25.1. The molecule has 1 amide bonds. The summed E-state index contributed by atoms with van der Waals surface area (Å²) in [5.74, 6) is 0.888. The van der Waals surface area contributed by atoms with Crippen molar-refractivity contribution in [2.45, 2.75) is 25.3 Å². The van der Waals surface area contributed by atoms with Gasteiger partial charge in [0.2, 0.25) is 5.91 Å². The quantitative estimate of drug-likeness (QED) is 0.633. The fourth-order valence-electron chi connectivity index (χ4n) is 4.10. The molecule has 0 radical (unpaired) electrons. The van der Waals surface area contributed by atoms with Gasteiger partial charge in [-0.25, -0.2) is 0 Å². The molecule has 0 fully saturated rings. The van der Waals surface area contributed by atoms with Gasteiger partial charge in [-0.2, -0.15) is 0 Å². The SMILES string of the molecule is CC(=O)N1c2ccc(Br)cc2[C@H]2C=CC[C@H]2[C@H]1c1ccccc1. The summed E-state index contributed by atoms with van der Waals surface area (Å²) in [5, 5.41) is 0. The highest BCUT2D eigenvalue weighted by Crippen LogP contribution is 2.53. The second-order valence-corrected chi connectivity index (χ2v) is 7.22. The van der Waals surface area contributed by atoms with Crippen molar-refractivity contribution in [3.05, 3.63) is 76.3 Å². The zero-order valence-corrected chi connectivity index (χ0v) is 14.5. The highest BCUT2D eigenvalue weighted by molar-refractivity contribution is 9.10. The first-order chi connectivity index (χ1) is 11.2. The summed E-state index contributed by atoms with van der Waals surface area (Å²) < 4.78 is 1.07. The molecule has 2 nitrogen and oxygen atoms in total. The number of allylic oxidation sites excluding steroid dienone is 2. The van der Waals surface area contributed by atoms with Crippen molar-refractivity contribution in [1.82, 2.24) is 0 Å². The standard InChI is InChI=1S/C20H18BrNO/c1-13(23)22-19-11-10-15(21)12-18(19)16-8-5-9-17(16)20(22)14-6-3-2-4-7-14/h2-8,10-12,16-17,20H,9H2,1H3/t16-,17+,20+/m0/s1. The van der Waals surface area contributed by atoms with Gasteiger partial charge in [-0.3, -0.25) is 4.79 Å². The molecule has 2 aliphatic rings.